The van der Waals surface area contributed by atoms with Crippen LogP contribution in [0.3, 0.4) is 0 Å². The summed E-state index contributed by atoms with van der Waals surface area (Å²) in [6.07, 6.45) is 1.37. The smallest absolute Gasteiger partial charge is 0.268 e. The third kappa shape index (κ3) is 2.99. The number of amides is 1. The number of aliphatic hydroxyl groups is 1. The van der Waals surface area contributed by atoms with E-state index in [9.17, 15) is 4.79 Å². The van der Waals surface area contributed by atoms with Crippen LogP contribution in [-0.4, -0.2) is 32.4 Å². The van der Waals surface area contributed by atoms with Gasteiger partial charge in [-0.15, -0.1) is 11.3 Å². The van der Waals surface area contributed by atoms with Crippen molar-refractivity contribution in [3.05, 3.63) is 27.7 Å². The van der Waals surface area contributed by atoms with Crippen LogP contribution < -0.4 is 5.32 Å². The van der Waals surface area contributed by atoms with Gasteiger partial charge in [-0.2, -0.15) is 10.1 Å². The number of aromatic nitrogens is 3. The van der Waals surface area contributed by atoms with Gasteiger partial charge in [0.25, 0.3) is 5.91 Å². The maximum absolute atomic E-state index is 12.0. The van der Waals surface area contributed by atoms with Gasteiger partial charge in [-0.05, 0) is 18.6 Å². The van der Waals surface area contributed by atoms with Crippen molar-refractivity contribution in [2.75, 3.05) is 11.9 Å². The maximum atomic E-state index is 12.0. The molecule has 0 aliphatic carbocycles. The van der Waals surface area contributed by atoms with Gasteiger partial charge >= 0.3 is 0 Å². The van der Waals surface area contributed by atoms with Gasteiger partial charge in [-0.25, -0.2) is 4.68 Å². The number of carbonyl (C=O) groups excluding carboxylic acids is 1. The fourth-order valence-electron chi connectivity index (χ4n) is 1.41. The van der Waals surface area contributed by atoms with Crippen molar-refractivity contribution < 1.29 is 9.90 Å². The first-order valence-electron chi connectivity index (χ1n) is 5.47. The minimum absolute atomic E-state index is 0.197. The lowest BCUT2D eigenvalue weighted by molar-refractivity contribution is 0.102. The molecule has 0 spiro atoms. The summed E-state index contributed by atoms with van der Waals surface area (Å²) in [4.78, 5) is 17.3. The van der Waals surface area contributed by atoms with E-state index in [4.69, 9.17) is 5.11 Å². The lowest BCUT2D eigenvalue weighted by Crippen LogP contribution is -2.14. The largest absolute Gasteiger partial charge is 0.384 e. The number of nitrogens with one attached hydrogen (secondary N) is 1. The monoisotopic (exact) mass is 276 g/mol. The van der Waals surface area contributed by atoms with Gasteiger partial charge in [0.15, 0.2) is 0 Å². The topological polar surface area (TPSA) is 80.0 Å². The second-order valence-corrected chi connectivity index (χ2v) is 4.80. The molecule has 0 fully saturated rings. The van der Waals surface area contributed by atoms with Gasteiger partial charge in [0, 0.05) is 7.05 Å². The molecule has 0 saturated carbocycles. The molecule has 2 rings (SSSR count). The summed E-state index contributed by atoms with van der Waals surface area (Å²) < 4.78 is 1.48. The van der Waals surface area contributed by atoms with Crippen molar-refractivity contribution in [1.29, 1.82) is 0 Å². The number of aliphatic hydroxyl groups excluding tert-OH is 1. The molecular weight excluding hydrogens is 264 g/mol. The van der Waals surface area contributed by atoms with E-state index < -0.39 is 0 Å². The zero-order valence-electron chi connectivity index (χ0n) is 10.5. The lowest BCUT2D eigenvalue weighted by atomic mass is 10.2. The Morgan fingerprint density at radius 2 is 2.42 bits per heavy atom. The Balaban J connectivity index is 2.18. The molecule has 0 saturated heterocycles. The van der Waals surface area contributed by atoms with Gasteiger partial charge in [-0.1, -0.05) is 11.8 Å². The van der Waals surface area contributed by atoms with E-state index >= 15 is 0 Å². The highest BCUT2D eigenvalue weighted by atomic mass is 32.1. The van der Waals surface area contributed by atoms with Crippen LogP contribution in [0.4, 0.5) is 5.95 Å². The first-order valence-corrected chi connectivity index (χ1v) is 6.29. The summed E-state index contributed by atoms with van der Waals surface area (Å²) in [6.45, 7) is 1.68. The third-order valence-corrected chi connectivity index (χ3v) is 3.51. The van der Waals surface area contributed by atoms with Gasteiger partial charge in [0.1, 0.15) is 12.9 Å². The Hall–Kier alpha value is -2.17. The predicted octanol–water partition coefficient (Wildman–Crippen LogP) is 0.781. The van der Waals surface area contributed by atoms with Gasteiger partial charge in [0.2, 0.25) is 5.95 Å². The number of hydrogen-bond acceptors (Lipinski definition) is 5. The Labute approximate surface area is 114 Å². The molecule has 2 aromatic heterocycles. The zero-order chi connectivity index (χ0) is 13.8. The molecule has 2 N–H and O–H groups in total. The van der Waals surface area contributed by atoms with E-state index in [1.807, 2.05) is 6.92 Å². The van der Waals surface area contributed by atoms with E-state index in [0.717, 1.165) is 10.4 Å². The number of anilines is 1. The summed E-state index contributed by atoms with van der Waals surface area (Å²) >= 11 is 1.28. The summed E-state index contributed by atoms with van der Waals surface area (Å²) in [5, 5.41) is 15.2. The number of aryl methyl sites for hydroxylation is 2. The molecule has 6 nitrogen and oxygen atoms in total. The summed E-state index contributed by atoms with van der Waals surface area (Å²) in [6, 6.07) is 1.76. The zero-order valence-corrected chi connectivity index (χ0v) is 11.3. The van der Waals surface area contributed by atoms with Gasteiger partial charge in [0.05, 0.1) is 9.75 Å². The highest BCUT2D eigenvalue weighted by Crippen LogP contribution is 2.21. The average Bonchev–Trinajstić information content (AvgIpc) is 2.94. The van der Waals surface area contributed by atoms with Crippen LogP contribution in [0.5, 0.6) is 0 Å². The molecule has 0 aliphatic rings. The van der Waals surface area contributed by atoms with Gasteiger partial charge < -0.3 is 5.11 Å². The maximum Gasteiger partial charge on any atom is 0.268 e. The molecule has 2 aromatic rings. The number of hydrogen-bond donors (Lipinski definition) is 2. The quantitative estimate of drug-likeness (QED) is 0.794. The molecule has 1 amide bonds. The first kappa shape index (κ1) is 13.3. The summed E-state index contributed by atoms with van der Waals surface area (Å²) in [7, 11) is 1.69. The van der Waals surface area contributed by atoms with Crippen LogP contribution in [-0.2, 0) is 7.05 Å². The van der Waals surface area contributed by atoms with E-state index in [1.165, 1.54) is 22.3 Å². The molecule has 0 atom stereocenters. The second kappa shape index (κ2) is 5.65. The minimum atomic E-state index is -0.249. The Bertz CT molecular complexity index is 663. The SMILES string of the molecule is Cc1cc(C(=O)Nc2ncnn2C)sc1C#CCO. The Morgan fingerprint density at radius 3 is 3.05 bits per heavy atom. The molecule has 0 aromatic carbocycles. The summed E-state index contributed by atoms with van der Waals surface area (Å²) in [5.41, 5.74) is 0.911. The number of thiophene rings is 1. The highest BCUT2D eigenvalue weighted by Gasteiger charge is 2.13. The molecule has 98 valence electrons. The van der Waals surface area contributed by atoms with E-state index in [0.29, 0.717) is 10.8 Å². The summed E-state index contributed by atoms with van der Waals surface area (Å²) in [5.74, 6) is 5.52. The van der Waals surface area contributed by atoms with Crippen LogP contribution in [0.15, 0.2) is 12.4 Å². The minimum Gasteiger partial charge on any atom is -0.384 e. The molecule has 0 radical (unpaired) electrons. The van der Waals surface area contributed by atoms with Crippen LogP contribution in [0.2, 0.25) is 0 Å². The van der Waals surface area contributed by atoms with Crippen LogP contribution >= 0.6 is 11.3 Å². The average molecular weight is 276 g/mol. The van der Waals surface area contributed by atoms with E-state index in [-0.39, 0.29) is 12.5 Å². The van der Waals surface area contributed by atoms with Crippen LogP contribution in [0.25, 0.3) is 0 Å². The van der Waals surface area contributed by atoms with Crippen molar-refractivity contribution in [1.82, 2.24) is 14.8 Å². The van der Waals surface area contributed by atoms with Crippen LogP contribution in [0, 0.1) is 18.8 Å². The van der Waals surface area contributed by atoms with E-state index in [1.54, 1.807) is 13.1 Å². The molecule has 0 aliphatic heterocycles. The Kier molecular flexibility index (Phi) is 3.94. The normalized spacial score (nSPS) is 9.84. The van der Waals surface area contributed by atoms with Crippen molar-refractivity contribution in [3.8, 4) is 11.8 Å². The highest BCUT2D eigenvalue weighted by molar-refractivity contribution is 7.14. The third-order valence-electron chi connectivity index (χ3n) is 2.36. The molecule has 0 unspecified atom stereocenters. The van der Waals surface area contributed by atoms with Crippen LogP contribution in [0.1, 0.15) is 20.1 Å². The standard InChI is InChI=1S/C12H12N4O2S/c1-8-6-10(19-9(8)4-3-5-17)11(18)15-12-13-7-14-16(12)2/h6-7,17H,5H2,1-2H3,(H,13,14,15,18). The lowest BCUT2D eigenvalue weighted by Gasteiger charge is -2.00. The fraction of sp³-hybridized carbons (Fsp3) is 0.250. The molecule has 2 heterocycles. The molecular formula is C12H12N4O2S. The Morgan fingerprint density at radius 1 is 1.63 bits per heavy atom. The van der Waals surface area contributed by atoms with Gasteiger partial charge in [-0.3, -0.25) is 10.1 Å². The first-order chi connectivity index (χ1) is 9.11. The fourth-order valence-corrected chi connectivity index (χ4v) is 2.35. The molecule has 7 heteroatoms. The van der Waals surface area contributed by atoms with Crippen molar-refractivity contribution in [3.63, 3.8) is 0 Å². The second-order valence-electron chi connectivity index (χ2n) is 3.74. The number of nitrogens with zero attached hydrogens (tertiary/aromatic N) is 3. The predicted molar refractivity (Wildman–Crippen MR) is 72.0 cm³/mol. The number of rotatable bonds is 2. The van der Waals surface area contributed by atoms with Crippen molar-refractivity contribution in [2.45, 2.75) is 6.92 Å². The van der Waals surface area contributed by atoms with Crippen molar-refractivity contribution >= 4 is 23.2 Å². The van der Waals surface area contributed by atoms with Crippen molar-refractivity contribution in [2.24, 2.45) is 7.05 Å². The molecule has 0 bridgehead atoms. The van der Waals surface area contributed by atoms with E-state index in [2.05, 4.69) is 27.2 Å². The number of carbonyl (C=O) groups is 1. The molecule has 19 heavy (non-hydrogen) atoms.